The van der Waals surface area contributed by atoms with Crippen LogP contribution in [0.4, 0.5) is 22.7 Å². The van der Waals surface area contributed by atoms with Crippen molar-refractivity contribution < 1.29 is 15.0 Å². The summed E-state index contributed by atoms with van der Waals surface area (Å²) in [4.78, 5) is 14.5. The van der Waals surface area contributed by atoms with E-state index in [1.807, 2.05) is 6.07 Å². The highest BCUT2D eigenvalue weighted by Crippen LogP contribution is 2.35. The molecule has 0 aliphatic carbocycles. The van der Waals surface area contributed by atoms with Crippen LogP contribution in [0.25, 0.3) is 0 Å². The van der Waals surface area contributed by atoms with Gasteiger partial charge in [-0.1, -0.05) is 18.2 Å². The first-order valence-corrected chi connectivity index (χ1v) is 7.54. The van der Waals surface area contributed by atoms with Gasteiger partial charge in [-0.3, -0.25) is 9.69 Å². The Hall–Kier alpha value is -3.67. The van der Waals surface area contributed by atoms with Crippen molar-refractivity contribution in [3.8, 4) is 11.5 Å². The van der Waals surface area contributed by atoms with Crippen LogP contribution >= 0.6 is 0 Å². The summed E-state index contributed by atoms with van der Waals surface area (Å²) in [5.41, 5.74) is 13.3. The molecule has 0 bridgehead atoms. The van der Waals surface area contributed by atoms with E-state index in [0.29, 0.717) is 16.9 Å². The molecule has 0 saturated carbocycles. The lowest BCUT2D eigenvalue weighted by Gasteiger charge is -2.24. The second kappa shape index (κ2) is 6.45. The third-order valence-corrected chi connectivity index (χ3v) is 3.76. The van der Waals surface area contributed by atoms with Gasteiger partial charge in [0.15, 0.2) is 0 Å². The van der Waals surface area contributed by atoms with E-state index < -0.39 is 0 Å². The Balaban J connectivity index is 2.15. The summed E-state index contributed by atoms with van der Waals surface area (Å²) in [6.07, 6.45) is 0. The number of nitrogens with zero attached hydrogens (tertiary/aromatic N) is 1. The Kier molecular flexibility index (Phi) is 4.18. The number of nitrogen functional groups attached to an aromatic ring is 2. The first-order valence-electron chi connectivity index (χ1n) is 7.54. The van der Waals surface area contributed by atoms with E-state index in [-0.39, 0.29) is 28.8 Å². The van der Waals surface area contributed by atoms with Gasteiger partial charge in [0.2, 0.25) is 0 Å². The standard InChI is InChI=1S/C19H17N3O3/c20-15-10-13(6-8-17(15)23)22(14-7-9-18(24)16(21)11-14)19(25)12-4-2-1-3-5-12/h1-11,23-24H,20-21H2. The second-order valence-corrected chi connectivity index (χ2v) is 5.49. The molecule has 6 N–H and O–H groups in total. The summed E-state index contributed by atoms with van der Waals surface area (Å²) in [6.45, 7) is 0. The van der Waals surface area contributed by atoms with E-state index in [4.69, 9.17) is 11.5 Å². The van der Waals surface area contributed by atoms with Crippen LogP contribution in [0.5, 0.6) is 11.5 Å². The molecule has 0 aromatic heterocycles. The van der Waals surface area contributed by atoms with Crippen molar-refractivity contribution in [2.45, 2.75) is 0 Å². The lowest BCUT2D eigenvalue weighted by atomic mass is 10.1. The fraction of sp³-hybridized carbons (Fsp3) is 0. The molecule has 0 spiro atoms. The Morgan fingerprint density at radius 2 is 1.24 bits per heavy atom. The smallest absolute Gasteiger partial charge is 0.262 e. The molecule has 0 aliphatic heterocycles. The number of nitrogens with two attached hydrogens (primary N) is 2. The number of rotatable bonds is 3. The number of amides is 1. The van der Waals surface area contributed by atoms with Gasteiger partial charge < -0.3 is 21.7 Å². The Labute approximate surface area is 144 Å². The maximum atomic E-state index is 13.1. The lowest BCUT2D eigenvalue weighted by molar-refractivity contribution is 0.0999. The zero-order valence-corrected chi connectivity index (χ0v) is 13.3. The number of hydrogen-bond donors (Lipinski definition) is 4. The predicted molar refractivity (Wildman–Crippen MR) is 97.9 cm³/mol. The predicted octanol–water partition coefficient (Wildman–Crippen LogP) is 3.24. The Bertz CT molecular complexity index is 875. The monoisotopic (exact) mass is 335 g/mol. The van der Waals surface area contributed by atoms with E-state index in [0.717, 1.165) is 0 Å². The molecule has 3 rings (SSSR count). The van der Waals surface area contributed by atoms with Crippen LogP contribution in [-0.2, 0) is 0 Å². The number of aromatic hydroxyl groups is 2. The lowest BCUT2D eigenvalue weighted by Crippen LogP contribution is -2.26. The van der Waals surface area contributed by atoms with Crippen molar-refractivity contribution in [3.63, 3.8) is 0 Å². The van der Waals surface area contributed by atoms with E-state index >= 15 is 0 Å². The average Bonchev–Trinajstić information content (AvgIpc) is 2.62. The largest absolute Gasteiger partial charge is 0.506 e. The minimum Gasteiger partial charge on any atom is -0.506 e. The van der Waals surface area contributed by atoms with Gasteiger partial charge in [-0.15, -0.1) is 0 Å². The van der Waals surface area contributed by atoms with Crippen LogP contribution in [0, 0.1) is 0 Å². The zero-order valence-electron chi connectivity index (χ0n) is 13.3. The summed E-state index contributed by atoms with van der Waals surface area (Å²) in [6, 6.07) is 17.7. The number of benzene rings is 3. The summed E-state index contributed by atoms with van der Waals surface area (Å²) in [5, 5.41) is 19.3. The van der Waals surface area contributed by atoms with Crippen molar-refractivity contribution in [3.05, 3.63) is 72.3 Å². The van der Waals surface area contributed by atoms with Crippen LogP contribution in [0.3, 0.4) is 0 Å². The molecular weight excluding hydrogens is 318 g/mol. The molecule has 6 heteroatoms. The van der Waals surface area contributed by atoms with Crippen molar-refractivity contribution >= 4 is 28.7 Å². The van der Waals surface area contributed by atoms with Crippen LogP contribution < -0.4 is 16.4 Å². The van der Waals surface area contributed by atoms with Gasteiger partial charge in [0, 0.05) is 5.56 Å². The van der Waals surface area contributed by atoms with Gasteiger partial charge in [-0.05, 0) is 48.5 Å². The third kappa shape index (κ3) is 3.18. The molecule has 0 saturated heterocycles. The molecule has 3 aromatic rings. The molecule has 0 unspecified atom stereocenters. The first-order chi connectivity index (χ1) is 12.0. The highest BCUT2D eigenvalue weighted by Gasteiger charge is 2.21. The maximum Gasteiger partial charge on any atom is 0.262 e. The summed E-state index contributed by atoms with van der Waals surface area (Å²) < 4.78 is 0. The van der Waals surface area contributed by atoms with Gasteiger partial charge in [-0.2, -0.15) is 0 Å². The number of phenolic OH excluding ortho intramolecular Hbond substituents is 2. The quantitative estimate of drug-likeness (QED) is 0.433. The Morgan fingerprint density at radius 1 is 0.760 bits per heavy atom. The maximum absolute atomic E-state index is 13.1. The molecule has 0 aliphatic rings. The van der Waals surface area contributed by atoms with E-state index in [9.17, 15) is 15.0 Å². The van der Waals surface area contributed by atoms with Gasteiger partial charge in [0.05, 0.1) is 22.7 Å². The molecule has 1 amide bonds. The van der Waals surface area contributed by atoms with Gasteiger partial charge in [0.1, 0.15) is 11.5 Å². The number of anilines is 4. The highest BCUT2D eigenvalue weighted by molar-refractivity contribution is 6.11. The molecule has 0 fully saturated rings. The van der Waals surface area contributed by atoms with E-state index in [1.165, 1.54) is 29.2 Å². The molecule has 0 radical (unpaired) electrons. The highest BCUT2D eigenvalue weighted by atomic mass is 16.3. The zero-order chi connectivity index (χ0) is 18.0. The molecular formula is C19H17N3O3. The van der Waals surface area contributed by atoms with Crippen molar-refractivity contribution in [2.24, 2.45) is 0 Å². The number of hydrogen-bond acceptors (Lipinski definition) is 5. The van der Waals surface area contributed by atoms with Crippen molar-refractivity contribution in [2.75, 3.05) is 16.4 Å². The van der Waals surface area contributed by atoms with Gasteiger partial charge in [0.25, 0.3) is 5.91 Å². The molecule has 0 atom stereocenters. The molecule has 6 nitrogen and oxygen atoms in total. The SMILES string of the molecule is Nc1cc(N(C(=O)c2ccccc2)c2ccc(O)c(N)c2)ccc1O. The number of carbonyl (C=O) groups excluding carboxylic acids is 1. The summed E-state index contributed by atoms with van der Waals surface area (Å²) in [7, 11) is 0. The molecule has 25 heavy (non-hydrogen) atoms. The van der Waals surface area contributed by atoms with E-state index in [1.54, 1.807) is 36.4 Å². The number of phenols is 2. The number of carbonyl (C=O) groups is 1. The van der Waals surface area contributed by atoms with Crippen LogP contribution in [0.15, 0.2) is 66.7 Å². The fourth-order valence-electron chi connectivity index (χ4n) is 2.46. The Morgan fingerprint density at radius 3 is 1.68 bits per heavy atom. The van der Waals surface area contributed by atoms with Crippen molar-refractivity contribution in [1.82, 2.24) is 0 Å². The van der Waals surface area contributed by atoms with Gasteiger partial charge >= 0.3 is 0 Å². The summed E-state index contributed by atoms with van der Waals surface area (Å²) in [5.74, 6) is -0.432. The average molecular weight is 335 g/mol. The molecule has 0 heterocycles. The first kappa shape index (κ1) is 16.2. The minimum atomic E-state index is -0.296. The molecule has 3 aromatic carbocycles. The van der Waals surface area contributed by atoms with Crippen LogP contribution in [-0.4, -0.2) is 16.1 Å². The van der Waals surface area contributed by atoms with Crippen LogP contribution in [0.1, 0.15) is 10.4 Å². The fourth-order valence-corrected chi connectivity index (χ4v) is 2.46. The second-order valence-electron chi connectivity index (χ2n) is 5.49. The third-order valence-electron chi connectivity index (χ3n) is 3.76. The van der Waals surface area contributed by atoms with Crippen LogP contribution in [0.2, 0.25) is 0 Å². The molecule has 126 valence electrons. The topological polar surface area (TPSA) is 113 Å². The minimum absolute atomic E-state index is 0.0684. The van der Waals surface area contributed by atoms with E-state index in [2.05, 4.69) is 0 Å². The summed E-state index contributed by atoms with van der Waals surface area (Å²) >= 11 is 0. The van der Waals surface area contributed by atoms with Crippen molar-refractivity contribution in [1.29, 1.82) is 0 Å². The van der Waals surface area contributed by atoms with Gasteiger partial charge in [-0.25, -0.2) is 0 Å². The normalized spacial score (nSPS) is 10.4.